The van der Waals surface area contributed by atoms with Crippen LogP contribution >= 0.6 is 0 Å². The summed E-state index contributed by atoms with van der Waals surface area (Å²) in [5.74, 6) is -2.04. The van der Waals surface area contributed by atoms with Crippen LogP contribution in [0.1, 0.15) is 18.5 Å². The quantitative estimate of drug-likeness (QED) is 0.800. The van der Waals surface area contributed by atoms with Crippen molar-refractivity contribution >= 4 is 5.97 Å². The predicted molar refractivity (Wildman–Crippen MR) is 54.8 cm³/mol. The molecule has 0 amide bonds. The molecule has 0 aliphatic carbocycles. The van der Waals surface area contributed by atoms with Crippen molar-refractivity contribution in [2.24, 2.45) is 0 Å². The average molecular weight is 229 g/mol. The molecule has 1 unspecified atom stereocenters. The van der Waals surface area contributed by atoms with Gasteiger partial charge in [-0.1, -0.05) is 6.07 Å². The molecule has 0 fully saturated rings. The van der Waals surface area contributed by atoms with Crippen molar-refractivity contribution < 1.29 is 18.3 Å². The Morgan fingerprint density at radius 1 is 1.50 bits per heavy atom. The second kappa shape index (κ2) is 5.55. The third kappa shape index (κ3) is 2.76. The zero-order valence-corrected chi connectivity index (χ0v) is 9.09. The highest BCUT2D eigenvalue weighted by Gasteiger charge is 2.23. The lowest BCUT2D eigenvalue weighted by Crippen LogP contribution is -2.28. The topological polar surface area (TPSA) is 38.3 Å². The molecule has 1 aromatic carbocycles. The van der Waals surface area contributed by atoms with E-state index in [0.29, 0.717) is 0 Å². The molecule has 0 aliphatic rings. The van der Waals surface area contributed by atoms with Crippen molar-refractivity contribution in [3.63, 3.8) is 0 Å². The molecule has 88 valence electrons. The molecule has 0 saturated carbocycles. The first-order valence-corrected chi connectivity index (χ1v) is 4.89. The van der Waals surface area contributed by atoms with Gasteiger partial charge < -0.3 is 10.1 Å². The molecule has 0 radical (unpaired) electrons. The lowest BCUT2D eigenvalue weighted by Gasteiger charge is -2.15. The molecule has 1 rings (SSSR count). The molecular weight excluding hydrogens is 216 g/mol. The van der Waals surface area contributed by atoms with Crippen molar-refractivity contribution in [1.82, 2.24) is 5.32 Å². The minimum Gasteiger partial charge on any atom is -0.465 e. The average Bonchev–Trinajstić information content (AvgIpc) is 2.22. The van der Waals surface area contributed by atoms with Crippen LogP contribution in [-0.2, 0) is 9.53 Å². The number of rotatable bonds is 4. The fourth-order valence-electron chi connectivity index (χ4n) is 1.36. The highest BCUT2D eigenvalue weighted by molar-refractivity contribution is 5.77. The van der Waals surface area contributed by atoms with Gasteiger partial charge in [-0.25, -0.2) is 13.6 Å². The fourth-order valence-corrected chi connectivity index (χ4v) is 1.36. The maximum Gasteiger partial charge on any atom is 0.327 e. The van der Waals surface area contributed by atoms with Crippen LogP contribution in [0.25, 0.3) is 0 Å². The molecule has 3 nitrogen and oxygen atoms in total. The number of carbonyl (C=O) groups excluding carboxylic acids is 1. The van der Waals surface area contributed by atoms with E-state index in [1.54, 1.807) is 6.92 Å². The highest BCUT2D eigenvalue weighted by atomic mass is 19.1. The summed E-state index contributed by atoms with van der Waals surface area (Å²) in [6.45, 7) is 1.87. The third-order valence-corrected chi connectivity index (χ3v) is 2.08. The van der Waals surface area contributed by atoms with Gasteiger partial charge in [0.1, 0.15) is 17.7 Å². The van der Waals surface area contributed by atoms with Crippen LogP contribution < -0.4 is 5.32 Å². The molecule has 0 heterocycles. The van der Waals surface area contributed by atoms with E-state index < -0.39 is 23.6 Å². The summed E-state index contributed by atoms with van der Waals surface area (Å²) < 4.78 is 30.9. The summed E-state index contributed by atoms with van der Waals surface area (Å²) in [4.78, 5) is 11.5. The number of likely N-dealkylation sites (N-methyl/N-ethyl adjacent to an activating group) is 1. The number of hydrogen-bond donors (Lipinski definition) is 1. The fraction of sp³-hybridized carbons (Fsp3) is 0.364. The standard InChI is InChI=1S/C11H13F2NO2/c1-3-16-11(15)10(14-2)8-5-4-7(12)6-9(8)13/h4-6,10,14H,3H2,1-2H3. The van der Waals surface area contributed by atoms with Crippen LogP contribution in [0.2, 0.25) is 0 Å². The zero-order valence-electron chi connectivity index (χ0n) is 9.09. The summed E-state index contributed by atoms with van der Waals surface area (Å²) in [6, 6.07) is 2.14. The van der Waals surface area contributed by atoms with Crippen LogP contribution in [-0.4, -0.2) is 19.6 Å². The first-order chi connectivity index (χ1) is 7.60. The lowest BCUT2D eigenvalue weighted by atomic mass is 10.1. The van der Waals surface area contributed by atoms with Crippen molar-refractivity contribution in [1.29, 1.82) is 0 Å². The first kappa shape index (κ1) is 12.6. The van der Waals surface area contributed by atoms with Crippen LogP contribution in [0.4, 0.5) is 8.78 Å². The van der Waals surface area contributed by atoms with Crippen molar-refractivity contribution in [2.75, 3.05) is 13.7 Å². The molecule has 0 aliphatic heterocycles. The van der Waals surface area contributed by atoms with E-state index in [1.165, 1.54) is 13.1 Å². The summed E-state index contributed by atoms with van der Waals surface area (Å²) in [5.41, 5.74) is 0.0716. The SMILES string of the molecule is CCOC(=O)C(NC)c1ccc(F)cc1F. The zero-order chi connectivity index (χ0) is 12.1. The van der Waals surface area contributed by atoms with E-state index in [2.05, 4.69) is 5.32 Å². The molecule has 0 aromatic heterocycles. The van der Waals surface area contributed by atoms with E-state index in [0.717, 1.165) is 12.1 Å². The number of halogens is 2. The van der Waals surface area contributed by atoms with Gasteiger partial charge in [-0.15, -0.1) is 0 Å². The molecule has 1 aromatic rings. The molecule has 0 saturated heterocycles. The monoisotopic (exact) mass is 229 g/mol. The Kier molecular flexibility index (Phi) is 4.37. The van der Waals surface area contributed by atoms with Crippen LogP contribution in [0, 0.1) is 11.6 Å². The number of carbonyl (C=O) groups is 1. The van der Waals surface area contributed by atoms with Gasteiger partial charge in [-0.2, -0.15) is 0 Å². The Morgan fingerprint density at radius 2 is 2.19 bits per heavy atom. The predicted octanol–water partition coefficient (Wildman–Crippen LogP) is 1.79. The van der Waals surface area contributed by atoms with Gasteiger partial charge in [0.2, 0.25) is 0 Å². The third-order valence-electron chi connectivity index (χ3n) is 2.08. The minimum atomic E-state index is -0.916. The Bertz CT molecular complexity index is 382. The summed E-state index contributed by atoms with van der Waals surface area (Å²) in [7, 11) is 1.50. The van der Waals surface area contributed by atoms with Gasteiger partial charge in [0.05, 0.1) is 6.61 Å². The maximum atomic E-state index is 13.4. The largest absolute Gasteiger partial charge is 0.465 e. The Morgan fingerprint density at radius 3 is 2.69 bits per heavy atom. The van der Waals surface area contributed by atoms with Crippen molar-refractivity contribution in [2.45, 2.75) is 13.0 Å². The van der Waals surface area contributed by atoms with Crippen LogP contribution in [0.3, 0.4) is 0 Å². The number of nitrogens with one attached hydrogen (secondary N) is 1. The number of ether oxygens (including phenoxy) is 1. The molecule has 16 heavy (non-hydrogen) atoms. The molecule has 1 atom stereocenters. The van der Waals surface area contributed by atoms with E-state index in [1.807, 2.05) is 0 Å². The second-order valence-electron chi connectivity index (χ2n) is 3.14. The van der Waals surface area contributed by atoms with Gasteiger partial charge in [0.25, 0.3) is 0 Å². The molecule has 5 heteroatoms. The number of hydrogen-bond acceptors (Lipinski definition) is 3. The van der Waals surface area contributed by atoms with Gasteiger partial charge >= 0.3 is 5.97 Å². The second-order valence-corrected chi connectivity index (χ2v) is 3.14. The molecule has 0 spiro atoms. The summed E-state index contributed by atoms with van der Waals surface area (Å²) in [5, 5.41) is 2.63. The molecular formula is C11H13F2NO2. The highest BCUT2D eigenvalue weighted by Crippen LogP contribution is 2.19. The first-order valence-electron chi connectivity index (χ1n) is 4.89. The molecule has 1 N–H and O–H groups in total. The lowest BCUT2D eigenvalue weighted by molar-refractivity contribution is -0.145. The summed E-state index contributed by atoms with van der Waals surface area (Å²) in [6.07, 6.45) is 0. The van der Waals surface area contributed by atoms with Gasteiger partial charge in [0, 0.05) is 11.6 Å². The van der Waals surface area contributed by atoms with Crippen molar-refractivity contribution in [3.05, 3.63) is 35.4 Å². The Balaban J connectivity index is 2.99. The van der Waals surface area contributed by atoms with E-state index in [4.69, 9.17) is 4.74 Å². The van der Waals surface area contributed by atoms with Gasteiger partial charge in [0.15, 0.2) is 0 Å². The van der Waals surface area contributed by atoms with E-state index in [9.17, 15) is 13.6 Å². The van der Waals surface area contributed by atoms with Crippen LogP contribution in [0.15, 0.2) is 18.2 Å². The van der Waals surface area contributed by atoms with Crippen LogP contribution in [0.5, 0.6) is 0 Å². The Hall–Kier alpha value is -1.49. The minimum absolute atomic E-state index is 0.0716. The van der Waals surface area contributed by atoms with Crippen molar-refractivity contribution in [3.8, 4) is 0 Å². The van der Waals surface area contributed by atoms with Gasteiger partial charge in [-0.05, 0) is 20.0 Å². The van der Waals surface area contributed by atoms with E-state index in [-0.39, 0.29) is 12.2 Å². The van der Waals surface area contributed by atoms with E-state index >= 15 is 0 Å². The summed E-state index contributed by atoms with van der Waals surface area (Å²) >= 11 is 0. The number of esters is 1. The normalized spacial score (nSPS) is 12.2. The Labute approximate surface area is 92.4 Å². The maximum absolute atomic E-state index is 13.4. The number of benzene rings is 1. The smallest absolute Gasteiger partial charge is 0.327 e. The molecule has 0 bridgehead atoms. The van der Waals surface area contributed by atoms with Gasteiger partial charge in [-0.3, -0.25) is 0 Å².